The quantitative estimate of drug-likeness (QED) is 0.211. The van der Waals surface area contributed by atoms with Gasteiger partial charge in [-0.3, -0.25) is 15.5 Å². The van der Waals surface area contributed by atoms with Gasteiger partial charge in [0.1, 0.15) is 24.7 Å². The highest BCUT2D eigenvalue weighted by Gasteiger charge is 2.12. The molecule has 0 heterocycles. The molecule has 0 aliphatic rings. The summed E-state index contributed by atoms with van der Waals surface area (Å²) in [6.07, 6.45) is 1.36. The van der Waals surface area contributed by atoms with E-state index >= 15 is 0 Å². The number of thiocarbonyl (C=S) groups is 1. The van der Waals surface area contributed by atoms with Crippen LogP contribution in [0.25, 0.3) is 0 Å². The summed E-state index contributed by atoms with van der Waals surface area (Å²) in [5.74, 6) is 1.60. The topological polar surface area (TPSA) is 112 Å². The summed E-state index contributed by atoms with van der Waals surface area (Å²) in [6, 6.07) is 10.4. The summed E-state index contributed by atoms with van der Waals surface area (Å²) in [6.45, 7) is 6.81. The standard InChI is InChI=1S/C20H24N4O4S/c1-13(2)17-6-4-14(3)10-19(17)28-9-8-27-18-7-5-16(24(25)26)11-15(18)12-22-23-20(21)29/h4-7,10-13H,8-9H2,1-3H3,(H3,21,23,29)/b22-12+. The highest BCUT2D eigenvalue weighted by atomic mass is 32.1. The predicted molar refractivity (Wildman–Crippen MR) is 117 cm³/mol. The lowest BCUT2D eigenvalue weighted by molar-refractivity contribution is -0.384. The van der Waals surface area contributed by atoms with E-state index in [-0.39, 0.29) is 17.4 Å². The number of aryl methyl sites for hydroxylation is 1. The van der Waals surface area contributed by atoms with Crippen LogP contribution in [0.2, 0.25) is 0 Å². The van der Waals surface area contributed by atoms with Gasteiger partial charge in [-0.15, -0.1) is 0 Å². The van der Waals surface area contributed by atoms with Crippen molar-refractivity contribution < 1.29 is 14.4 Å². The van der Waals surface area contributed by atoms with Gasteiger partial charge in [0.25, 0.3) is 5.69 Å². The first kappa shape index (κ1) is 22.1. The lowest BCUT2D eigenvalue weighted by Crippen LogP contribution is -2.24. The molecule has 0 aliphatic carbocycles. The number of nitrogens with two attached hydrogens (primary N) is 1. The van der Waals surface area contributed by atoms with Crippen LogP contribution in [-0.2, 0) is 0 Å². The molecule has 0 saturated heterocycles. The molecule has 0 unspecified atom stereocenters. The molecule has 2 aromatic carbocycles. The predicted octanol–water partition coefficient (Wildman–Crippen LogP) is 3.65. The highest BCUT2D eigenvalue weighted by molar-refractivity contribution is 7.80. The van der Waals surface area contributed by atoms with E-state index < -0.39 is 4.92 Å². The average Bonchev–Trinajstić information content (AvgIpc) is 2.65. The molecule has 3 N–H and O–H groups in total. The molecule has 0 aliphatic heterocycles. The van der Waals surface area contributed by atoms with E-state index in [1.165, 1.54) is 24.4 Å². The van der Waals surface area contributed by atoms with Crippen LogP contribution in [-0.4, -0.2) is 29.5 Å². The molecule has 29 heavy (non-hydrogen) atoms. The minimum atomic E-state index is -0.490. The molecule has 0 radical (unpaired) electrons. The number of non-ortho nitro benzene ring substituents is 1. The van der Waals surface area contributed by atoms with E-state index in [0.29, 0.717) is 23.8 Å². The molecule has 0 amide bonds. The SMILES string of the molecule is Cc1ccc(C(C)C)c(OCCOc2ccc([N+](=O)[O-])cc2/C=N/NC(N)=S)c1. The number of nitrogens with one attached hydrogen (secondary N) is 1. The number of nitro benzene ring substituents is 1. The van der Waals surface area contributed by atoms with E-state index in [1.54, 1.807) is 0 Å². The smallest absolute Gasteiger partial charge is 0.270 e. The van der Waals surface area contributed by atoms with Gasteiger partial charge in [-0.25, -0.2) is 0 Å². The Bertz CT molecular complexity index is 915. The summed E-state index contributed by atoms with van der Waals surface area (Å²) < 4.78 is 11.7. The molecule has 0 aromatic heterocycles. The molecule has 154 valence electrons. The Kier molecular flexibility index (Phi) is 7.90. The second-order valence-corrected chi connectivity index (χ2v) is 7.05. The zero-order valence-electron chi connectivity index (χ0n) is 16.5. The van der Waals surface area contributed by atoms with Crippen molar-refractivity contribution >= 4 is 29.2 Å². The van der Waals surface area contributed by atoms with Gasteiger partial charge in [0, 0.05) is 17.7 Å². The van der Waals surface area contributed by atoms with Crippen molar-refractivity contribution in [2.75, 3.05) is 13.2 Å². The number of hydrogen-bond donors (Lipinski definition) is 2. The van der Waals surface area contributed by atoms with Crippen molar-refractivity contribution in [1.82, 2.24) is 5.43 Å². The van der Waals surface area contributed by atoms with E-state index in [0.717, 1.165) is 16.9 Å². The molecular formula is C20H24N4O4S. The van der Waals surface area contributed by atoms with Crippen LogP contribution in [0, 0.1) is 17.0 Å². The first-order chi connectivity index (χ1) is 13.8. The fourth-order valence-electron chi connectivity index (χ4n) is 2.59. The largest absolute Gasteiger partial charge is 0.490 e. The van der Waals surface area contributed by atoms with Gasteiger partial charge in [0.2, 0.25) is 0 Å². The van der Waals surface area contributed by atoms with Crippen molar-refractivity contribution in [3.63, 3.8) is 0 Å². The minimum Gasteiger partial charge on any atom is -0.490 e. The fraction of sp³-hybridized carbons (Fsp3) is 0.300. The highest BCUT2D eigenvalue weighted by Crippen LogP contribution is 2.27. The minimum absolute atomic E-state index is 0.0124. The van der Waals surface area contributed by atoms with Gasteiger partial charge in [-0.1, -0.05) is 26.0 Å². The maximum Gasteiger partial charge on any atom is 0.270 e. The Labute approximate surface area is 174 Å². The van der Waals surface area contributed by atoms with Gasteiger partial charge in [-0.2, -0.15) is 5.10 Å². The molecule has 0 bridgehead atoms. The molecule has 8 nitrogen and oxygen atoms in total. The lowest BCUT2D eigenvalue weighted by Gasteiger charge is -2.15. The van der Waals surface area contributed by atoms with Crippen LogP contribution in [0.15, 0.2) is 41.5 Å². The van der Waals surface area contributed by atoms with Crippen molar-refractivity contribution in [3.8, 4) is 11.5 Å². The Morgan fingerprint density at radius 1 is 1.24 bits per heavy atom. The van der Waals surface area contributed by atoms with Crippen molar-refractivity contribution in [3.05, 3.63) is 63.2 Å². The normalized spacial score (nSPS) is 10.9. The second kappa shape index (κ2) is 10.4. The summed E-state index contributed by atoms with van der Waals surface area (Å²) in [7, 11) is 0. The summed E-state index contributed by atoms with van der Waals surface area (Å²) in [4.78, 5) is 10.5. The number of ether oxygens (including phenoxy) is 2. The summed E-state index contributed by atoms with van der Waals surface area (Å²) in [5.41, 5.74) is 10.3. The molecule has 0 saturated carbocycles. The third-order valence-electron chi connectivity index (χ3n) is 3.97. The number of benzene rings is 2. The van der Waals surface area contributed by atoms with E-state index in [2.05, 4.69) is 48.7 Å². The first-order valence-corrected chi connectivity index (χ1v) is 9.42. The van der Waals surface area contributed by atoms with Crippen molar-refractivity contribution in [2.24, 2.45) is 10.8 Å². The van der Waals surface area contributed by atoms with Gasteiger partial charge in [-0.05, 0) is 48.3 Å². The first-order valence-electron chi connectivity index (χ1n) is 9.01. The number of hydrogen-bond acceptors (Lipinski definition) is 6. The van der Waals surface area contributed by atoms with Crippen LogP contribution in [0.5, 0.6) is 11.5 Å². The van der Waals surface area contributed by atoms with E-state index in [1.807, 2.05) is 13.0 Å². The van der Waals surface area contributed by atoms with Crippen LogP contribution in [0.3, 0.4) is 0 Å². The Morgan fingerprint density at radius 3 is 2.55 bits per heavy atom. The maximum absolute atomic E-state index is 11.0. The monoisotopic (exact) mass is 416 g/mol. The van der Waals surface area contributed by atoms with Crippen LogP contribution >= 0.6 is 12.2 Å². The van der Waals surface area contributed by atoms with Crippen LogP contribution < -0.4 is 20.6 Å². The average molecular weight is 417 g/mol. The number of nitrogens with zero attached hydrogens (tertiary/aromatic N) is 2. The number of rotatable bonds is 9. The molecule has 2 aromatic rings. The Balaban J connectivity index is 2.06. The summed E-state index contributed by atoms with van der Waals surface area (Å²) >= 11 is 4.68. The number of hydrazone groups is 1. The molecule has 0 fully saturated rings. The van der Waals surface area contributed by atoms with E-state index in [9.17, 15) is 10.1 Å². The zero-order valence-corrected chi connectivity index (χ0v) is 17.4. The lowest BCUT2D eigenvalue weighted by atomic mass is 10.0. The zero-order chi connectivity index (χ0) is 21.4. The van der Waals surface area contributed by atoms with Crippen LogP contribution in [0.4, 0.5) is 5.69 Å². The Morgan fingerprint density at radius 2 is 1.93 bits per heavy atom. The van der Waals surface area contributed by atoms with Crippen molar-refractivity contribution in [2.45, 2.75) is 26.7 Å². The Hall–Kier alpha value is -3.20. The van der Waals surface area contributed by atoms with Gasteiger partial charge >= 0.3 is 0 Å². The molecule has 9 heteroatoms. The molecule has 0 atom stereocenters. The molecule has 0 spiro atoms. The summed E-state index contributed by atoms with van der Waals surface area (Å²) in [5, 5.41) is 14.9. The second-order valence-electron chi connectivity index (χ2n) is 6.61. The maximum atomic E-state index is 11.0. The number of nitro groups is 1. The van der Waals surface area contributed by atoms with Gasteiger partial charge in [0.05, 0.1) is 11.1 Å². The molecule has 2 rings (SSSR count). The third-order valence-corrected chi connectivity index (χ3v) is 4.06. The van der Waals surface area contributed by atoms with Gasteiger partial charge in [0.15, 0.2) is 5.11 Å². The van der Waals surface area contributed by atoms with Crippen LogP contribution in [0.1, 0.15) is 36.5 Å². The van der Waals surface area contributed by atoms with Crippen molar-refractivity contribution in [1.29, 1.82) is 0 Å². The van der Waals surface area contributed by atoms with Gasteiger partial charge < -0.3 is 15.2 Å². The molecular weight excluding hydrogens is 392 g/mol. The fourth-order valence-corrected chi connectivity index (χ4v) is 2.65. The third kappa shape index (κ3) is 6.72. The van der Waals surface area contributed by atoms with E-state index in [4.69, 9.17) is 15.2 Å².